The molecule has 0 unspecified atom stereocenters. The number of phenols is 1. The first-order chi connectivity index (χ1) is 11.2. The lowest BCUT2D eigenvalue weighted by Crippen LogP contribution is -2.31. The summed E-state index contributed by atoms with van der Waals surface area (Å²) in [6, 6.07) is 5.96. The van der Waals surface area contributed by atoms with Crippen molar-refractivity contribution in [1.29, 1.82) is 0 Å². The van der Waals surface area contributed by atoms with E-state index < -0.39 is 24.3 Å². The molecule has 0 aliphatic rings. The monoisotopic (exact) mass is 341 g/mol. The second kappa shape index (κ2) is 6.65. The van der Waals surface area contributed by atoms with Crippen LogP contribution in [0.1, 0.15) is 5.56 Å². The van der Waals surface area contributed by atoms with Crippen molar-refractivity contribution in [2.75, 3.05) is 10.6 Å². The molecule has 0 spiro atoms. The number of amides is 2. The van der Waals surface area contributed by atoms with Crippen LogP contribution in [0.25, 0.3) is 0 Å². The second-order valence-electron chi connectivity index (χ2n) is 5.05. The molecule has 0 bridgehead atoms. The van der Waals surface area contributed by atoms with Crippen molar-refractivity contribution in [3.8, 4) is 5.75 Å². The summed E-state index contributed by atoms with van der Waals surface area (Å²) in [7, 11) is 0. The maximum Gasteiger partial charge on any atom is 0.406 e. The van der Waals surface area contributed by atoms with Gasteiger partial charge in [0, 0.05) is 11.9 Å². The van der Waals surface area contributed by atoms with Gasteiger partial charge in [0.15, 0.2) is 0 Å². The van der Waals surface area contributed by atoms with Crippen LogP contribution in [-0.4, -0.2) is 21.9 Å². The Morgan fingerprint density at radius 1 is 1.25 bits per heavy atom. The minimum absolute atomic E-state index is 0.0547. The number of anilines is 2. The fraction of sp³-hybridized carbons (Fsp3) is 0.200. The van der Waals surface area contributed by atoms with Gasteiger partial charge in [-0.3, -0.25) is 4.79 Å². The van der Waals surface area contributed by atoms with Gasteiger partial charge < -0.3 is 20.3 Å². The number of nitrogens with zero attached hydrogens (tertiary/aromatic N) is 1. The average Bonchev–Trinajstić information content (AvgIpc) is 2.46. The first kappa shape index (κ1) is 17.4. The average molecular weight is 341 g/mol. The number of nitrogens with one attached hydrogen (secondary N) is 2. The van der Waals surface area contributed by atoms with Crippen molar-refractivity contribution in [2.24, 2.45) is 0 Å². The Bertz CT molecular complexity index is 816. The predicted molar refractivity (Wildman–Crippen MR) is 82.2 cm³/mol. The van der Waals surface area contributed by atoms with Crippen LogP contribution in [0.4, 0.5) is 29.3 Å². The number of aromatic nitrogens is 1. The molecule has 0 fully saturated rings. The zero-order valence-corrected chi connectivity index (χ0v) is 12.5. The van der Waals surface area contributed by atoms with Gasteiger partial charge in [-0.05, 0) is 42.8 Å². The van der Waals surface area contributed by atoms with E-state index in [0.717, 1.165) is 6.20 Å². The Balaban J connectivity index is 2.13. The number of rotatable bonds is 3. The molecule has 1 heterocycles. The lowest BCUT2D eigenvalue weighted by atomic mass is 10.2. The van der Waals surface area contributed by atoms with E-state index in [1.54, 1.807) is 6.92 Å². The Morgan fingerprint density at radius 3 is 2.58 bits per heavy atom. The third-order valence-corrected chi connectivity index (χ3v) is 3.07. The van der Waals surface area contributed by atoms with E-state index in [2.05, 4.69) is 10.6 Å². The first-order valence-electron chi connectivity index (χ1n) is 6.79. The summed E-state index contributed by atoms with van der Waals surface area (Å²) in [5.41, 5.74) is -0.365. The summed E-state index contributed by atoms with van der Waals surface area (Å²) in [5, 5.41) is 14.0. The number of carbonyl (C=O) groups is 1. The number of benzene rings is 1. The molecule has 0 aliphatic carbocycles. The van der Waals surface area contributed by atoms with Crippen LogP contribution in [-0.2, 0) is 6.54 Å². The number of halogens is 3. The quantitative estimate of drug-likeness (QED) is 0.750. The molecule has 1 aromatic heterocycles. The number of pyridine rings is 1. The van der Waals surface area contributed by atoms with E-state index in [1.807, 2.05) is 0 Å². The lowest BCUT2D eigenvalue weighted by Gasteiger charge is -2.12. The van der Waals surface area contributed by atoms with Gasteiger partial charge in [0.05, 0.1) is 0 Å². The highest BCUT2D eigenvalue weighted by Crippen LogP contribution is 2.20. The minimum Gasteiger partial charge on any atom is -0.508 e. The molecule has 0 atom stereocenters. The van der Waals surface area contributed by atoms with Gasteiger partial charge in [0.25, 0.3) is 5.56 Å². The zero-order valence-electron chi connectivity index (χ0n) is 12.5. The van der Waals surface area contributed by atoms with Crippen molar-refractivity contribution >= 4 is 17.4 Å². The minimum atomic E-state index is -4.55. The molecule has 1 aromatic carbocycles. The van der Waals surface area contributed by atoms with E-state index in [-0.39, 0.29) is 11.4 Å². The van der Waals surface area contributed by atoms with Crippen LogP contribution in [0.15, 0.2) is 41.3 Å². The van der Waals surface area contributed by atoms with Gasteiger partial charge in [-0.25, -0.2) is 4.79 Å². The van der Waals surface area contributed by atoms with Gasteiger partial charge in [-0.15, -0.1) is 0 Å². The Kier molecular flexibility index (Phi) is 4.82. The molecule has 9 heteroatoms. The molecule has 0 saturated carbocycles. The standard InChI is InChI=1S/C15H14F3N3O3/c1-9-7-10(4-5-12(9)22)19-14(24)20-11-3-2-6-21(13(11)23)8-15(16,17)18/h2-7,22H,8H2,1H3,(H2,19,20,24). The maximum atomic E-state index is 12.4. The molecule has 3 N–H and O–H groups in total. The maximum absolute atomic E-state index is 12.4. The van der Waals surface area contributed by atoms with Crippen LogP contribution in [0.3, 0.4) is 0 Å². The molecular weight excluding hydrogens is 327 g/mol. The van der Waals surface area contributed by atoms with Crippen LogP contribution in [0.5, 0.6) is 5.75 Å². The Labute approximate surface area is 134 Å². The Hall–Kier alpha value is -2.97. The highest BCUT2D eigenvalue weighted by Gasteiger charge is 2.28. The van der Waals surface area contributed by atoms with E-state index >= 15 is 0 Å². The molecule has 0 aliphatic heterocycles. The number of alkyl halides is 3. The zero-order chi connectivity index (χ0) is 17.9. The van der Waals surface area contributed by atoms with Crippen LogP contribution in [0, 0.1) is 6.92 Å². The summed E-state index contributed by atoms with van der Waals surface area (Å²) < 4.78 is 37.6. The molecule has 0 radical (unpaired) electrons. The lowest BCUT2D eigenvalue weighted by molar-refractivity contribution is -0.141. The third-order valence-electron chi connectivity index (χ3n) is 3.07. The van der Waals surface area contributed by atoms with Crippen molar-refractivity contribution in [2.45, 2.75) is 19.6 Å². The fourth-order valence-electron chi connectivity index (χ4n) is 1.97. The molecule has 2 rings (SSSR count). The van der Waals surface area contributed by atoms with Crippen LogP contribution in [0.2, 0.25) is 0 Å². The number of hydrogen-bond donors (Lipinski definition) is 3. The third kappa shape index (κ3) is 4.51. The number of carbonyl (C=O) groups excluding carboxylic acids is 1. The number of phenolic OH excluding ortho intramolecular Hbond substituents is 1. The summed E-state index contributed by atoms with van der Waals surface area (Å²) in [4.78, 5) is 23.8. The van der Waals surface area contributed by atoms with Crippen molar-refractivity contribution in [1.82, 2.24) is 4.57 Å². The highest BCUT2D eigenvalue weighted by atomic mass is 19.4. The normalized spacial score (nSPS) is 11.2. The van der Waals surface area contributed by atoms with Crippen molar-refractivity contribution in [3.05, 3.63) is 52.4 Å². The van der Waals surface area contributed by atoms with Crippen molar-refractivity contribution in [3.63, 3.8) is 0 Å². The van der Waals surface area contributed by atoms with Crippen molar-refractivity contribution < 1.29 is 23.1 Å². The summed E-state index contributed by atoms with van der Waals surface area (Å²) in [5.74, 6) is 0.0547. The van der Waals surface area contributed by atoms with Gasteiger partial charge >= 0.3 is 12.2 Å². The second-order valence-corrected chi connectivity index (χ2v) is 5.05. The fourth-order valence-corrected chi connectivity index (χ4v) is 1.97. The van der Waals surface area contributed by atoms with Crippen LogP contribution >= 0.6 is 0 Å². The summed E-state index contributed by atoms with van der Waals surface area (Å²) in [6.45, 7) is 0.186. The molecule has 24 heavy (non-hydrogen) atoms. The highest BCUT2D eigenvalue weighted by molar-refractivity contribution is 5.99. The predicted octanol–water partition coefficient (Wildman–Crippen LogP) is 3.07. The molecule has 128 valence electrons. The van der Waals surface area contributed by atoms with Gasteiger partial charge in [0.1, 0.15) is 18.0 Å². The summed E-state index contributed by atoms with van der Waals surface area (Å²) in [6.07, 6.45) is -3.56. The van der Waals surface area contributed by atoms with E-state index in [9.17, 15) is 27.9 Å². The molecule has 2 amide bonds. The van der Waals surface area contributed by atoms with E-state index in [1.165, 1.54) is 30.3 Å². The van der Waals surface area contributed by atoms with Crippen LogP contribution < -0.4 is 16.2 Å². The number of aromatic hydroxyl groups is 1. The number of aryl methyl sites for hydroxylation is 1. The smallest absolute Gasteiger partial charge is 0.406 e. The SMILES string of the molecule is Cc1cc(NC(=O)Nc2cccn(CC(F)(F)F)c2=O)ccc1O. The molecule has 2 aromatic rings. The van der Waals surface area contributed by atoms with E-state index in [0.29, 0.717) is 15.8 Å². The number of urea groups is 1. The van der Waals surface area contributed by atoms with Gasteiger partial charge in [0.2, 0.25) is 0 Å². The first-order valence-corrected chi connectivity index (χ1v) is 6.79. The molecule has 0 saturated heterocycles. The molecular formula is C15H14F3N3O3. The largest absolute Gasteiger partial charge is 0.508 e. The molecule has 6 nitrogen and oxygen atoms in total. The topological polar surface area (TPSA) is 83.4 Å². The Morgan fingerprint density at radius 2 is 1.96 bits per heavy atom. The van der Waals surface area contributed by atoms with E-state index in [4.69, 9.17) is 0 Å². The van der Waals surface area contributed by atoms with Gasteiger partial charge in [-0.1, -0.05) is 0 Å². The number of hydrogen-bond acceptors (Lipinski definition) is 3. The summed E-state index contributed by atoms with van der Waals surface area (Å²) >= 11 is 0. The van der Waals surface area contributed by atoms with Gasteiger partial charge in [-0.2, -0.15) is 13.2 Å².